The molecule has 70 valence electrons. The van der Waals surface area contributed by atoms with Gasteiger partial charge in [0.1, 0.15) is 6.10 Å². The maximum absolute atomic E-state index is 11.5. The van der Waals surface area contributed by atoms with Gasteiger partial charge in [-0.05, 0) is 27.7 Å². The second-order valence-electron chi connectivity index (χ2n) is 3.67. The number of hydrogen-bond acceptors (Lipinski definition) is 2. The quantitative estimate of drug-likeness (QED) is 0.589. The number of morpholine rings is 1. The molecule has 3 nitrogen and oxygen atoms in total. The number of carbonyl (C=O) groups is 1. The van der Waals surface area contributed by atoms with E-state index in [-0.39, 0.29) is 24.2 Å². The van der Waals surface area contributed by atoms with E-state index in [1.165, 1.54) is 0 Å². The van der Waals surface area contributed by atoms with Gasteiger partial charge in [-0.25, -0.2) is 0 Å². The number of rotatable bonds is 1. The van der Waals surface area contributed by atoms with Gasteiger partial charge in [-0.1, -0.05) is 0 Å². The highest BCUT2D eigenvalue weighted by Crippen LogP contribution is 2.14. The molecule has 1 saturated heterocycles. The topological polar surface area (TPSA) is 29.5 Å². The molecular formula is C9H17NO2. The Morgan fingerprint density at radius 3 is 2.58 bits per heavy atom. The molecule has 0 radical (unpaired) electrons. The largest absolute Gasteiger partial charge is 0.364 e. The summed E-state index contributed by atoms with van der Waals surface area (Å²) < 4.78 is 5.39. The zero-order valence-corrected chi connectivity index (χ0v) is 8.20. The molecule has 1 heterocycles. The second kappa shape index (κ2) is 3.44. The number of nitrogens with zero attached hydrogens (tertiary/aromatic N) is 1. The molecule has 1 amide bonds. The Hall–Kier alpha value is -0.570. The summed E-state index contributed by atoms with van der Waals surface area (Å²) >= 11 is 0. The van der Waals surface area contributed by atoms with E-state index in [1.807, 2.05) is 32.6 Å². The molecule has 1 aliphatic rings. The van der Waals surface area contributed by atoms with Crippen LogP contribution in [0.25, 0.3) is 0 Å². The van der Waals surface area contributed by atoms with Gasteiger partial charge in [-0.2, -0.15) is 0 Å². The maximum atomic E-state index is 11.5. The average Bonchev–Trinajstić information content (AvgIpc) is 1.96. The first-order chi connectivity index (χ1) is 5.52. The molecular weight excluding hydrogens is 154 g/mol. The van der Waals surface area contributed by atoms with Crippen LogP contribution in [0.2, 0.25) is 0 Å². The molecule has 0 N–H and O–H groups in total. The van der Waals surface area contributed by atoms with E-state index < -0.39 is 0 Å². The van der Waals surface area contributed by atoms with Crippen LogP contribution < -0.4 is 0 Å². The molecule has 0 aromatic carbocycles. The Morgan fingerprint density at radius 1 is 1.50 bits per heavy atom. The van der Waals surface area contributed by atoms with Crippen LogP contribution >= 0.6 is 0 Å². The highest BCUT2D eigenvalue weighted by atomic mass is 16.5. The Labute approximate surface area is 73.7 Å². The minimum Gasteiger partial charge on any atom is -0.364 e. The van der Waals surface area contributed by atoms with Gasteiger partial charge < -0.3 is 9.64 Å². The van der Waals surface area contributed by atoms with Gasteiger partial charge in [0, 0.05) is 12.6 Å². The maximum Gasteiger partial charge on any atom is 0.251 e. The van der Waals surface area contributed by atoms with Gasteiger partial charge in [0.05, 0.1) is 6.10 Å². The predicted octanol–water partition coefficient (Wildman–Crippen LogP) is 1.03. The fraction of sp³-hybridized carbons (Fsp3) is 0.889. The lowest BCUT2D eigenvalue weighted by Gasteiger charge is -2.37. The minimum atomic E-state index is -0.267. The van der Waals surface area contributed by atoms with Crippen LogP contribution in [0, 0.1) is 0 Å². The Kier molecular flexibility index (Phi) is 2.73. The molecule has 12 heavy (non-hydrogen) atoms. The third kappa shape index (κ3) is 1.78. The van der Waals surface area contributed by atoms with Crippen molar-refractivity contribution in [3.05, 3.63) is 0 Å². The summed E-state index contributed by atoms with van der Waals surface area (Å²) in [6.07, 6.45) is -0.101. The van der Waals surface area contributed by atoms with Crippen molar-refractivity contribution in [2.75, 3.05) is 6.54 Å². The van der Waals surface area contributed by atoms with Crippen LogP contribution in [0.3, 0.4) is 0 Å². The van der Waals surface area contributed by atoms with Crippen LogP contribution in [0.4, 0.5) is 0 Å². The van der Waals surface area contributed by atoms with E-state index in [0.29, 0.717) is 0 Å². The van der Waals surface area contributed by atoms with Gasteiger partial charge in [-0.15, -0.1) is 0 Å². The van der Waals surface area contributed by atoms with Gasteiger partial charge in [-0.3, -0.25) is 4.79 Å². The summed E-state index contributed by atoms with van der Waals surface area (Å²) in [6, 6.07) is 0.284. The fourth-order valence-electron chi connectivity index (χ4n) is 1.52. The number of carbonyl (C=O) groups excluding carboxylic acids is 1. The van der Waals surface area contributed by atoms with E-state index in [2.05, 4.69) is 0 Å². The molecule has 0 aromatic heterocycles. The van der Waals surface area contributed by atoms with Crippen molar-refractivity contribution in [2.24, 2.45) is 0 Å². The van der Waals surface area contributed by atoms with Crippen LogP contribution in [-0.4, -0.2) is 35.6 Å². The number of amides is 1. The SMILES string of the molecule is CC1CN(C(C)C)C(=O)C(C)O1. The first-order valence-corrected chi connectivity index (χ1v) is 4.48. The molecule has 0 aliphatic carbocycles. The predicted molar refractivity (Wildman–Crippen MR) is 46.9 cm³/mol. The molecule has 2 atom stereocenters. The lowest BCUT2D eigenvalue weighted by molar-refractivity contribution is -0.161. The lowest BCUT2D eigenvalue weighted by atomic mass is 10.2. The Morgan fingerprint density at radius 2 is 2.08 bits per heavy atom. The molecule has 1 fully saturated rings. The zero-order valence-electron chi connectivity index (χ0n) is 8.20. The molecule has 1 aliphatic heterocycles. The van der Waals surface area contributed by atoms with Crippen molar-refractivity contribution in [2.45, 2.75) is 45.9 Å². The van der Waals surface area contributed by atoms with Crippen molar-refractivity contribution in [1.82, 2.24) is 4.90 Å². The monoisotopic (exact) mass is 171 g/mol. The molecule has 0 spiro atoms. The van der Waals surface area contributed by atoms with Crippen LogP contribution in [-0.2, 0) is 9.53 Å². The summed E-state index contributed by atoms with van der Waals surface area (Å²) in [5.41, 5.74) is 0. The number of ether oxygens (including phenoxy) is 1. The standard InChI is InChI=1S/C9H17NO2/c1-6(2)10-5-7(3)12-8(4)9(10)11/h6-8H,5H2,1-4H3. The summed E-state index contributed by atoms with van der Waals surface area (Å²) in [5.74, 6) is 0.114. The molecule has 0 aromatic rings. The highest BCUT2D eigenvalue weighted by molar-refractivity contribution is 5.81. The summed E-state index contributed by atoms with van der Waals surface area (Å²) in [6.45, 7) is 8.60. The normalized spacial score (nSPS) is 31.4. The van der Waals surface area contributed by atoms with Gasteiger partial charge >= 0.3 is 0 Å². The van der Waals surface area contributed by atoms with E-state index in [0.717, 1.165) is 6.54 Å². The zero-order chi connectivity index (χ0) is 9.30. The third-order valence-corrected chi connectivity index (χ3v) is 2.14. The second-order valence-corrected chi connectivity index (χ2v) is 3.67. The Balaban J connectivity index is 2.66. The Bertz CT molecular complexity index is 179. The van der Waals surface area contributed by atoms with E-state index in [9.17, 15) is 4.79 Å². The number of hydrogen-bond donors (Lipinski definition) is 0. The van der Waals surface area contributed by atoms with Gasteiger partial charge in [0.15, 0.2) is 0 Å². The summed E-state index contributed by atoms with van der Waals surface area (Å²) in [5, 5.41) is 0. The smallest absolute Gasteiger partial charge is 0.251 e. The van der Waals surface area contributed by atoms with Crippen molar-refractivity contribution >= 4 is 5.91 Å². The first kappa shape index (κ1) is 9.52. The third-order valence-electron chi connectivity index (χ3n) is 2.14. The first-order valence-electron chi connectivity index (χ1n) is 4.48. The minimum absolute atomic E-state index is 0.114. The van der Waals surface area contributed by atoms with Gasteiger partial charge in [0.2, 0.25) is 0 Å². The van der Waals surface area contributed by atoms with Crippen LogP contribution in [0.15, 0.2) is 0 Å². The van der Waals surface area contributed by atoms with E-state index in [4.69, 9.17) is 4.74 Å². The summed E-state index contributed by atoms with van der Waals surface area (Å²) in [7, 11) is 0. The van der Waals surface area contributed by atoms with Crippen LogP contribution in [0.5, 0.6) is 0 Å². The molecule has 2 unspecified atom stereocenters. The summed E-state index contributed by atoms with van der Waals surface area (Å²) in [4.78, 5) is 13.4. The molecule has 0 saturated carbocycles. The van der Waals surface area contributed by atoms with E-state index >= 15 is 0 Å². The highest BCUT2D eigenvalue weighted by Gasteiger charge is 2.31. The molecule has 0 bridgehead atoms. The van der Waals surface area contributed by atoms with Gasteiger partial charge in [0.25, 0.3) is 5.91 Å². The molecule has 3 heteroatoms. The lowest BCUT2D eigenvalue weighted by Crippen LogP contribution is -2.52. The fourth-order valence-corrected chi connectivity index (χ4v) is 1.52. The van der Waals surface area contributed by atoms with Crippen LogP contribution in [0.1, 0.15) is 27.7 Å². The molecule has 1 rings (SSSR count). The van der Waals surface area contributed by atoms with Crippen molar-refractivity contribution in [1.29, 1.82) is 0 Å². The van der Waals surface area contributed by atoms with Crippen molar-refractivity contribution in [3.63, 3.8) is 0 Å². The average molecular weight is 171 g/mol. The van der Waals surface area contributed by atoms with Crippen molar-refractivity contribution in [3.8, 4) is 0 Å². The van der Waals surface area contributed by atoms with Crippen molar-refractivity contribution < 1.29 is 9.53 Å². The van der Waals surface area contributed by atoms with E-state index in [1.54, 1.807) is 0 Å².